The number of nitro groups is 1. The van der Waals surface area contributed by atoms with E-state index in [1.54, 1.807) is 0 Å². The van der Waals surface area contributed by atoms with E-state index >= 15 is 0 Å². The number of benzene rings is 1. The van der Waals surface area contributed by atoms with Crippen molar-refractivity contribution in [3.05, 3.63) is 38.3 Å². The maximum Gasteiger partial charge on any atom is 0.289 e. The van der Waals surface area contributed by atoms with Crippen molar-refractivity contribution in [3.8, 4) is 0 Å². The fraction of sp³-hybridized carbons (Fsp3) is 0.111. The van der Waals surface area contributed by atoms with E-state index < -0.39 is 20.6 Å². The third-order valence-electron chi connectivity index (χ3n) is 2.31. The van der Waals surface area contributed by atoms with Gasteiger partial charge in [0.05, 0.1) is 9.82 Å². The summed E-state index contributed by atoms with van der Waals surface area (Å²) in [5.41, 5.74) is 1.17. The Morgan fingerprint density at radius 3 is 2.70 bits per heavy atom. The summed E-state index contributed by atoms with van der Waals surface area (Å²) in [5.74, 6) is 0. The van der Waals surface area contributed by atoms with Gasteiger partial charge >= 0.3 is 0 Å². The molecule has 0 aliphatic rings. The zero-order valence-electron chi connectivity index (χ0n) is 9.90. The monoisotopic (exact) mass is 334 g/mol. The first-order valence-corrected chi connectivity index (χ1v) is 7.79. The summed E-state index contributed by atoms with van der Waals surface area (Å²) in [7, 11) is -3.99. The van der Waals surface area contributed by atoms with E-state index in [0.717, 1.165) is 17.4 Å². The maximum atomic E-state index is 12.2. The SMILES string of the molecule is Cc1cc(Cl)c([N+](=O)[O-])cc1S(=O)(=O)Nc1nncs1. The van der Waals surface area contributed by atoms with Crippen molar-refractivity contribution in [2.24, 2.45) is 0 Å². The van der Waals surface area contributed by atoms with E-state index in [1.165, 1.54) is 18.5 Å². The van der Waals surface area contributed by atoms with Gasteiger partial charge in [0.15, 0.2) is 0 Å². The number of halogens is 1. The molecule has 0 atom stereocenters. The topological polar surface area (TPSA) is 115 Å². The minimum absolute atomic E-state index is 0.0713. The second-order valence-electron chi connectivity index (χ2n) is 3.68. The lowest BCUT2D eigenvalue weighted by Crippen LogP contribution is -2.14. The van der Waals surface area contributed by atoms with Gasteiger partial charge in [-0.3, -0.25) is 14.8 Å². The smallest absolute Gasteiger partial charge is 0.258 e. The molecule has 0 fully saturated rings. The molecule has 0 unspecified atom stereocenters. The van der Waals surface area contributed by atoms with E-state index in [9.17, 15) is 18.5 Å². The van der Waals surface area contributed by atoms with Gasteiger partial charge in [-0.15, -0.1) is 10.2 Å². The predicted octanol–water partition coefficient (Wildman–Crippen LogP) is 2.21. The number of anilines is 1. The summed E-state index contributed by atoms with van der Waals surface area (Å²) in [5, 5.41) is 17.8. The molecule has 0 saturated carbocycles. The molecule has 0 aliphatic heterocycles. The van der Waals surface area contributed by atoms with Crippen LogP contribution in [0.3, 0.4) is 0 Å². The van der Waals surface area contributed by atoms with Crippen molar-refractivity contribution < 1.29 is 13.3 Å². The van der Waals surface area contributed by atoms with E-state index in [-0.39, 0.29) is 20.6 Å². The number of nitro benzene ring substituents is 1. The van der Waals surface area contributed by atoms with Gasteiger partial charge in [-0.2, -0.15) is 0 Å². The fourth-order valence-corrected chi connectivity index (χ4v) is 3.69. The number of aryl methyl sites for hydroxylation is 1. The van der Waals surface area contributed by atoms with E-state index in [0.29, 0.717) is 0 Å². The van der Waals surface area contributed by atoms with Crippen molar-refractivity contribution in [1.82, 2.24) is 10.2 Å². The molecule has 106 valence electrons. The van der Waals surface area contributed by atoms with E-state index in [2.05, 4.69) is 14.9 Å². The van der Waals surface area contributed by atoms with Crippen molar-refractivity contribution >= 4 is 43.8 Å². The number of hydrogen-bond donors (Lipinski definition) is 1. The summed E-state index contributed by atoms with van der Waals surface area (Å²) >= 11 is 6.70. The number of sulfonamides is 1. The van der Waals surface area contributed by atoms with Crippen molar-refractivity contribution in [2.45, 2.75) is 11.8 Å². The normalized spacial score (nSPS) is 11.3. The lowest BCUT2D eigenvalue weighted by molar-refractivity contribution is -0.384. The van der Waals surface area contributed by atoms with Gasteiger partial charge in [0, 0.05) is 6.07 Å². The predicted molar refractivity (Wildman–Crippen MR) is 73.6 cm³/mol. The average molecular weight is 335 g/mol. The van der Waals surface area contributed by atoms with Crippen LogP contribution in [0.4, 0.5) is 10.8 Å². The van der Waals surface area contributed by atoms with Crippen LogP contribution in [0.25, 0.3) is 0 Å². The molecular weight excluding hydrogens is 328 g/mol. The number of nitrogens with one attached hydrogen (secondary N) is 1. The van der Waals surface area contributed by atoms with Gasteiger partial charge in [0.2, 0.25) is 5.13 Å². The molecule has 1 aromatic heterocycles. The number of aromatic nitrogens is 2. The lowest BCUT2D eigenvalue weighted by atomic mass is 10.2. The molecule has 11 heteroatoms. The lowest BCUT2D eigenvalue weighted by Gasteiger charge is -2.08. The molecule has 0 amide bonds. The van der Waals surface area contributed by atoms with Gasteiger partial charge in [0.25, 0.3) is 15.7 Å². The second-order valence-corrected chi connectivity index (χ2v) is 6.57. The van der Waals surface area contributed by atoms with Crippen molar-refractivity contribution in [1.29, 1.82) is 0 Å². The van der Waals surface area contributed by atoms with Crippen LogP contribution in [-0.2, 0) is 10.0 Å². The Hall–Kier alpha value is -1.78. The Kier molecular flexibility index (Phi) is 3.88. The zero-order chi connectivity index (χ0) is 14.9. The molecule has 8 nitrogen and oxygen atoms in total. The standard InChI is InChI=1S/C9H7ClN4O4S2/c1-5-2-6(10)7(14(15)16)3-8(5)20(17,18)13-9-12-11-4-19-9/h2-4H,1H3,(H,12,13). The summed E-state index contributed by atoms with van der Waals surface area (Å²) in [6.45, 7) is 1.49. The van der Waals surface area contributed by atoms with Crippen LogP contribution in [0, 0.1) is 17.0 Å². The number of nitrogens with zero attached hydrogens (tertiary/aromatic N) is 3. The van der Waals surface area contributed by atoms with Crippen LogP contribution >= 0.6 is 22.9 Å². The molecule has 2 rings (SSSR count). The molecule has 0 bridgehead atoms. The van der Waals surface area contributed by atoms with Crippen LogP contribution in [0.2, 0.25) is 5.02 Å². The minimum atomic E-state index is -3.99. The van der Waals surface area contributed by atoms with E-state index in [4.69, 9.17) is 11.6 Å². The summed E-state index contributed by atoms with van der Waals surface area (Å²) in [4.78, 5) is 9.84. The Morgan fingerprint density at radius 1 is 1.45 bits per heavy atom. The summed E-state index contributed by atoms with van der Waals surface area (Å²) in [6, 6.07) is 2.15. The molecule has 20 heavy (non-hydrogen) atoms. The van der Waals surface area contributed by atoms with Gasteiger partial charge < -0.3 is 0 Å². The second kappa shape index (κ2) is 5.31. The first-order valence-electron chi connectivity index (χ1n) is 5.05. The maximum absolute atomic E-state index is 12.2. The molecule has 1 aromatic carbocycles. The van der Waals surface area contributed by atoms with Crippen molar-refractivity contribution in [2.75, 3.05) is 4.72 Å². The number of rotatable bonds is 4. The molecule has 0 spiro atoms. The summed E-state index contributed by atoms with van der Waals surface area (Å²) in [6.07, 6.45) is 0. The molecule has 0 saturated heterocycles. The van der Waals surface area contributed by atoms with E-state index in [1.807, 2.05) is 0 Å². The van der Waals surface area contributed by atoms with Crippen LogP contribution in [-0.4, -0.2) is 23.5 Å². The third kappa shape index (κ3) is 2.86. The third-order valence-corrected chi connectivity index (χ3v) is 4.83. The highest BCUT2D eigenvalue weighted by Gasteiger charge is 2.24. The molecule has 2 aromatic rings. The Morgan fingerprint density at radius 2 is 2.15 bits per heavy atom. The quantitative estimate of drug-likeness (QED) is 0.677. The van der Waals surface area contributed by atoms with Crippen LogP contribution < -0.4 is 4.72 Å². The molecule has 1 heterocycles. The highest BCUT2D eigenvalue weighted by atomic mass is 35.5. The Balaban J connectivity index is 2.51. The molecule has 0 aliphatic carbocycles. The highest BCUT2D eigenvalue weighted by molar-refractivity contribution is 7.93. The number of hydrogen-bond acceptors (Lipinski definition) is 7. The minimum Gasteiger partial charge on any atom is -0.258 e. The van der Waals surface area contributed by atoms with Crippen LogP contribution in [0.15, 0.2) is 22.5 Å². The first-order chi connectivity index (χ1) is 9.31. The molecule has 0 radical (unpaired) electrons. The Bertz CT molecular complexity index is 761. The van der Waals surface area contributed by atoms with Crippen LogP contribution in [0.5, 0.6) is 0 Å². The van der Waals surface area contributed by atoms with Gasteiger partial charge in [0.1, 0.15) is 10.5 Å². The largest absolute Gasteiger partial charge is 0.289 e. The molecular formula is C9H7ClN4O4S2. The molecule has 1 N–H and O–H groups in total. The zero-order valence-corrected chi connectivity index (χ0v) is 12.3. The van der Waals surface area contributed by atoms with Crippen molar-refractivity contribution in [3.63, 3.8) is 0 Å². The van der Waals surface area contributed by atoms with Crippen LogP contribution in [0.1, 0.15) is 5.56 Å². The average Bonchev–Trinajstić information content (AvgIpc) is 2.79. The first kappa shape index (κ1) is 14.6. The van der Waals surface area contributed by atoms with Gasteiger partial charge in [-0.25, -0.2) is 8.42 Å². The van der Waals surface area contributed by atoms with Gasteiger partial charge in [-0.1, -0.05) is 22.9 Å². The Labute approximate surface area is 122 Å². The summed E-state index contributed by atoms with van der Waals surface area (Å²) < 4.78 is 26.5. The highest BCUT2D eigenvalue weighted by Crippen LogP contribution is 2.31. The van der Waals surface area contributed by atoms with Gasteiger partial charge in [-0.05, 0) is 18.6 Å². The fourth-order valence-electron chi connectivity index (χ4n) is 1.46.